The monoisotopic (exact) mass is 73.0 g/mol. The largest absolute Gasteiger partial charge is 2.00 e. The van der Waals surface area contributed by atoms with Gasteiger partial charge in [-0.2, -0.15) is 0 Å². The minimum Gasteiger partial charge on any atom is -1.00 e. The fourth-order valence-electron chi connectivity index (χ4n) is 0. The third-order valence-corrected chi connectivity index (χ3v) is 0. The minimum atomic E-state index is -2.17. The molecule has 0 aliphatic heterocycles. The molecule has 0 aliphatic rings. The van der Waals surface area contributed by atoms with Crippen LogP contribution in [0.5, 0.6) is 0 Å². The van der Waals surface area contributed by atoms with E-state index in [1.807, 2.05) is 0 Å². The van der Waals surface area contributed by atoms with Gasteiger partial charge in [0.2, 0.25) is 0 Å². The molecule has 0 aliphatic carbocycles. The van der Waals surface area contributed by atoms with Crippen molar-refractivity contribution in [1.29, 1.82) is 0 Å². The first-order valence-corrected chi connectivity index (χ1v) is 0.775. The fourth-order valence-corrected chi connectivity index (χ4v) is 0. The summed E-state index contributed by atoms with van der Waals surface area (Å²) in [4.78, 5) is 0. The van der Waals surface area contributed by atoms with Crippen LogP contribution in [-0.4, -0.2) is 32.5 Å². The average Bonchev–Trinajstić information content (AvgIpc) is 0.811. The maximum atomic E-state index is 7.17. The Bertz CT molecular complexity index is 17.7. The topological polar surface area (TPSA) is 60.7 Å². The molecule has 0 fully saturated rings. The fraction of sp³-hybridized carbons (Fsp3) is 0. The van der Waals surface area contributed by atoms with E-state index in [1.165, 1.54) is 0 Å². The van der Waals surface area contributed by atoms with Crippen molar-refractivity contribution in [3.63, 3.8) is 0 Å². The SMILES string of the molecule is OB(O)O.[Be+2].[H-].[H-]. The van der Waals surface area contributed by atoms with Crippen LogP contribution in [0.25, 0.3) is 0 Å². The van der Waals surface area contributed by atoms with Gasteiger partial charge in [-0.3, -0.25) is 0 Å². The van der Waals surface area contributed by atoms with E-state index in [0.717, 1.165) is 0 Å². The van der Waals surface area contributed by atoms with Crippen molar-refractivity contribution >= 4 is 17.4 Å². The van der Waals surface area contributed by atoms with Crippen LogP contribution in [0.3, 0.4) is 0 Å². The van der Waals surface area contributed by atoms with E-state index in [2.05, 4.69) is 0 Å². The molecule has 0 aromatic carbocycles. The van der Waals surface area contributed by atoms with Crippen molar-refractivity contribution < 1.29 is 17.9 Å². The van der Waals surface area contributed by atoms with Crippen molar-refractivity contribution in [1.82, 2.24) is 0 Å². The minimum absolute atomic E-state index is 0. The van der Waals surface area contributed by atoms with Crippen molar-refractivity contribution in [3.8, 4) is 0 Å². The predicted octanol–water partition coefficient (Wildman–Crippen LogP) is -2.21. The first-order chi connectivity index (χ1) is 1.73. The van der Waals surface area contributed by atoms with E-state index in [-0.39, 0.29) is 13.0 Å². The second-order valence-electron chi connectivity index (χ2n) is 0.346. The molecule has 0 radical (unpaired) electrons. The van der Waals surface area contributed by atoms with Crippen LogP contribution in [0.15, 0.2) is 0 Å². The van der Waals surface area contributed by atoms with Crippen molar-refractivity contribution in [2.75, 3.05) is 0 Å². The van der Waals surface area contributed by atoms with E-state index in [1.54, 1.807) is 0 Å². The zero-order chi connectivity index (χ0) is 3.58. The molecule has 3 N–H and O–H groups in total. The standard InChI is InChI=1S/BH3O3.Be.2H/c2-1(3)4;;;/h2-4H;;;/q;+2;2*-1. The first kappa shape index (κ1) is 8.93. The summed E-state index contributed by atoms with van der Waals surface area (Å²) in [6.07, 6.45) is 0. The summed E-state index contributed by atoms with van der Waals surface area (Å²) in [7, 11) is -2.17. The number of hydrogen-bond donors (Lipinski definition) is 3. The number of hydrogen-bond acceptors (Lipinski definition) is 3. The molecule has 3 nitrogen and oxygen atoms in total. The van der Waals surface area contributed by atoms with E-state index < -0.39 is 7.32 Å². The average molecular weight is 72.9 g/mol. The second-order valence-corrected chi connectivity index (χ2v) is 0.346. The molecule has 0 aromatic heterocycles. The van der Waals surface area contributed by atoms with Gasteiger partial charge in [0.25, 0.3) is 0 Å². The van der Waals surface area contributed by atoms with Gasteiger partial charge in [-0.25, -0.2) is 0 Å². The predicted molar refractivity (Wildman–Crippen MR) is 20.4 cm³/mol. The molecule has 0 heterocycles. The van der Waals surface area contributed by atoms with E-state index in [0.29, 0.717) is 0 Å². The molecular weight excluding hydrogens is 67.8 g/mol. The Morgan fingerprint density at radius 1 is 1.20 bits per heavy atom. The van der Waals surface area contributed by atoms with Crippen LogP contribution in [0.4, 0.5) is 0 Å². The van der Waals surface area contributed by atoms with E-state index in [9.17, 15) is 0 Å². The molecule has 0 saturated carbocycles. The maximum Gasteiger partial charge on any atom is 2.00 e. The molecule has 5 heteroatoms. The van der Waals surface area contributed by atoms with E-state index in [4.69, 9.17) is 15.1 Å². The van der Waals surface area contributed by atoms with Crippen LogP contribution >= 0.6 is 0 Å². The summed E-state index contributed by atoms with van der Waals surface area (Å²) in [6.45, 7) is 0. The van der Waals surface area contributed by atoms with Crippen molar-refractivity contribution in [2.24, 2.45) is 0 Å². The van der Waals surface area contributed by atoms with Crippen LogP contribution in [-0.2, 0) is 0 Å². The molecular formula is H5BBeO3. The molecule has 5 heavy (non-hydrogen) atoms. The Hall–Kier alpha value is 0.114. The van der Waals surface area contributed by atoms with Gasteiger partial charge in [0.1, 0.15) is 0 Å². The Kier molecular flexibility index (Phi) is 7.34. The summed E-state index contributed by atoms with van der Waals surface area (Å²) in [6, 6.07) is 0. The van der Waals surface area contributed by atoms with Gasteiger partial charge in [-0.1, -0.05) is 0 Å². The molecule has 0 saturated heterocycles. The number of rotatable bonds is 0. The van der Waals surface area contributed by atoms with Gasteiger partial charge in [0, 0.05) is 0 Å². The van der Waals surface area contributed by atoms with Crippen LogP contribution in [0, 0.1) is 0 Å². The third-order valence-electron chi connectivity index (χ3n) is 0. The molecule has 0 amide bonds. The van der Waals surface area contributed by atoms with Crippen molar-refractivity contribution in [2.45, 2.75) is 0 Å². The normalized spacial score (nSPS) is 5.40. The Labute approximate surface area is 36.6 Å². The van der Waals surface area contributed by atoms with Gasteiger partial charge in [0.05, 0.1) is 0 Å². The molecule has 28 valence electrons. The second kappa shape index (κ2) is 4.11. The van der Waals surface area contributed by atoms with Crippen molar-refractivity contribution in [3.05, 3.63) is 0 Å². The third kappa shape index (κ3) is 1420. The summed E-state index contributed by atoms with van der Waals surface area (Å²) in [5.74, 6) is 0. The zero-order valence-electron chi connectivity index (χ0n) is 4.63. The van der Waals surface area contributed by atoms with Gasteiger partial charge < -0.3 is 17.9 Å². The summed E-state index contributed by atoms with van der Waals surface area (Å²) in [5, 5.41) is 21.5. The quantitative estimate of drug-likeness (QED) is 0.285. The van der Waals surface area contributed by atoms with Gasteiger partial charge >= 0.3 is 17.4 Å². The Morgan fingerprint density at radius 2 is 1.20 bits per heavy atom. The van der Waals surface area contributed by atoms with Gasteiger partial charge in [-0.15, -0.1) is 0 Å². The van der Waals surface area contributed by atoms with Gasteiger partial charge in [-0.05, 0) is 0 Å². The van der Waals surface area contributed by atoms with Gasteiger partial charge in [0.15, 0.2) is 0 Å². The Balaban J connectivity index is -0.0000000150. The first-order valence-electron chi connectivity index (χ1n) is 0.775. The molecule has 0 rings (SSSR count). The van der Waals surface area contributed by atoms with Crippen LogP contribution in [0.2, 0.25) is 0 Å². The van der Waals surface area contributed by atoms with E-state index >= 15 is 0 Å². The molecule has 0 aromatic rings. The summed E-state index contributed by atoms with van der Waals surface area (Å²) < 4.78 is 0. The van der Waals surface area contributed by atoms with Crippen LogP contribution in [0.1, 0.15) is 2.85 Å². The molecule has 0 atom stereocenters. The smallest absolute Gasteiger partial charge is 1.00 e. The Morgan fingerprint density at radius 3 is 1.20 bits per heavy atom. The van der Waals surface area contributed by atoms with Crippen LogP contribution < -0.4 is 0 Å². The molecule has 0 unspecified atom stereocenters. The maximum absolute atomic E-state index is 7.17. The molecule has 0 spiro atoms. The zero-order valence-corrected chi connectivity index (χ0v) is 2.63. The molecule has 0 bridgehead atoms. The summed E-state index contributed by atoms with van der Waals surface area (Å²) in [5.41, 5.74) is 0. The summed E-state index contributed by atoms with van der Waals surface area (Å²) >= 11 is 0.